The summed E-state index contributed by atoms with van der Waals surface area (Å²) in [5.41, 5.74) is 7.84. The molecule has 0 aromatic rings. The van der Waals surface area contributed by atoms with Crippen LogP contribution in [0.4, 0.5) is 0 Å². The summed E-state index contributed by atoms with van der Waals surface area (Å²) in [5, 5.41) is 4.76. The van der Waals surface area contributed by atoms with Gasteiger partial charge in [-0.25, -0.2) is 0 Å². The average Bonchev–Trinajstić information content (AvgIpc) is 2.56. The van der Waals surface area contributed by atoms with Gasteiger partial charge in [-0.2, -0.15) is 5.10 Å². The van der Waals surface area contributed by atoms with Crippen molar-refractivity contribution < 1.29 is 0 Å². The molecule has 2 heteroatoms. The number of hydrogen-bond donors (Lipinski definition) is 1. The van der Waals surface area contributed by atoms with Crippen molar-refractivity contribution in [1.29, 1.82) is 0 Å². The number of allylic oxidation sites excluding steroid dienone is 2. The van der Waals surface area contributed by atoms with Gasteiger partial charge in [-0.1, -0.05) is 65.7 Å². The van der Waals surface area contributed by atoms with Crippen molar-refractivity contribution in [3.05, 3.63) is 11.3 Å². The molecule has 0 saturated heterocycles. The normalized spacial score (nSPS) is 26.1. The fourth-order valence-electron chi connectivity index (χ4n) is 4.58. The molecule has 2 nitrogen and oxygen atoms in total. The van der Waals surface area contributed by atoms with Crippen LogP contribution in [0.5, 0.6) is 0 Å². The van der Waals surface area contributed by atoms with Gasteiger partial charge in [-0.05, 0) is 56.4 Å². The molecule has 1 saturated carbocycles. The second-order valence-electron chi connectivity index (χ2n) is 8.20. The van der Waals surface area contributed by atoms with Crippen molar-refractivity contribution in [2.75, 3.05) is 0 Å². The standard InChI is InChI=1S/C22H40N2/c1-5-7-8-9-10-14-22-21-13-11-12-19(17(3)6-2)15-16-20(21)18(4)23-24-22/h17,19,21,23H,5-16H2,1-4H3. The summed E-state index contributed by atoms with van der Waals surface area (Å²) in [6.45, 7) is 9.33. The second-order valence-corrected chi connectivity index (χ2v) is 8.20. The van der Waals surface area contributed by atoms with Gasteiger partial charge in [0.25, 0.3) is 0 Å². The SMILES string of the molecule is CCCCCCCC1=NNC(C)=C2CCC(C(C)CC)CCCC12. The molecule has 1 aliphatic heterocycles. The Morgan fingerprint density at radius 3 is 2.62 bits per heavy atom. The molecule has 1 fully saturated rings. The maximum Gasteiger partial charge on any atom is 0.0454 e. The van der Waals surface area contributed by atoms with E-state index in [4.69, 9.17) is 5.10 Å². The second kappa shape index (κ2) is 10.3. The largest absolute Gasteiger partial charge is 0.283 e. The molecular weight excluding hydrogens is 292 g/mol. The molecule has 0 radical (unpaired) electrons. The average molecular weight is 333 g/mol. The third-order valence-electron chi connectivity index (χ3n) is 6.51. The van der Waals surface area contributed by atoms with Crippen molar-refractivity contribution in [3.8, 4) is 0 Å². The van der Waals surface area contributed by atoms with Crippen LogP contribution in [0.25, 0.3) is 0 Å². The van der Waals surface area contributed by atoms with Crippen LogP contribution in [0.15, 0.2) is 16.4 Å². The van der Waals surface area contributed by atoms with Gasteiger partial charge in [0.05, 0.1) is 0 Å². The molecule has 0 aromatic heterocycles. The van der Waals surface area contributed by atoms with E-state index in [2.05, 4.69) is 33.1 Å². The molecule has 0 bridgehead atoms. The maximum absolute atomic E-state index is 4.76. The molecule has 0 aromatic carbocycles. The van der Waals surface area contributed by atoms with Crippen molar-refractivity contribution in [1.82, 2.24) is 5.43 Å². The van der Waals surface area contributed by atoms with E-state index in [0.717, 1.165) is 11.8 Å². The van der Waals surface area contributed by atoms with Crippen molar-refractivity contribution in [2.24, 2.45) is 22.9 Å². The maximum atomic E-state index is 4.76. The summed E-state index contributed by atoms with van der Waals surface area (Å²) in [6, 6.07) is 0. The van der Waals surface area contributed by atoms with Gasteiger partial charge in [0.1, 0.15) is 0 Å². The minimum absolute atomic E-state index is 0.648. The predicted octanol–water partition coefficient (Wildman–Crippen LogP) is 6.82. The smallest absolute Gasteiger partial charge is 0.0454 e. The molecule has 2 aliphatic rings. The minimum Gasteiger partial charge on any atom is -0.283 e. The number of nitrogens with one attached hydrogen (secondary N) is 1. The van der Waals surface area contributed by atoms with Crippen LogP contribution in [-0.2, 0) is 0 Å². The molecule has 1 aliphatic carbocycles. The van der Waals surface area contributed by atoms with Crippen LogP contribution < -0.4 is 5.43 Å². The van der Waals surface area contributed by atoms with Crippen LogP contribution in [-0.4, -0.2) is 5.71 Å². The van der Waals surface area contributed by atoms with E-state index < -0.39 is 0 Å². The minimum atomic E-state index is 0.648. The van der Waals surface area contributed by atoms with Gasteiger partial charge >= 0.3 is 0 Å². The predicted molar refractivity (Wildman–Crippen MR) is 106 cm³/mol. The van der Waals surface area contributed by atoms with Gasteiger partial charge in [-0.3, -0.25) is 5.43 Å². The third-order valence-corrected chi connectivity index (χ3v) is 6.51. The zero-order valence-electron chi connectivity index (χ0n) is 16.7. The summed E-state index contributed by atoms with van der Waals surface area (Å²) in [6.07, 6.45) is 16.1. The summed E-state index contributed by atoms with van der Waals surface area (Å²) in [5.74, 6) is 2.45. The highest BCUT2D eigenvalue weighted by Gasteiger charge is 2.29. The highest BCUT2D eigenvalue weighted by Crippen LogP contribution is 2.38. The van der Waals surface area contributed by atoms with Gasteiger partial charge in [-0.15, -0.1) is 0 Å². The van der Waals surface area contributed by atoms with E-state index in [0.29, 0.717) is 5.92 Å². The fraction of sp³-hybridized carbons (Fsp3) is 0.864. The molecule has 1 N–H and O–H groups in total. The van der Waals surface area contributed by atoms with Crippen molar-refractivity contribution >= 4 is 5.71 Å². The Kier molecular flexibility index (Phi) is 8.35. The van der Waals surface area contributed by atoms with Gasteiger partial charge in [0.15, 0.2) is 0 Å². The fourth-order valence-corrected chi connectivity index (χ4v) is 4.58. The Morgan fingerprint density at radius 2 is 1.88 bits per heavy atom. The van der Waals surface area contributed by atoms with E-state index in [1.54, 1.807) is 5.57 Å². The van der Waals surface area contributed by atoms with E-state index in [-0.39, 0.29) is 0 Å². The summed E-state index contributed by atoms with van der Waals surface area (Å²) < 4.78 is 0. The Balaban J connectivity index is 1.93. The summed E-state index contributed by atoms with van der Waals surface area (Å²) in [7, 11) is 0. The molecule has 3 atom stereocenters. The van der Waals surface area contributed by atoms with E-state index in [1.165, 1.54) is 88.5 Å². The topological polar surface area (TPSA) is 24.4 Å². The number of fused-ring (bicyclic) bond motifs is 1. The van der Waals surface area contributed by atoms with Gasteiger partial charge < -0.3 is 0 Å². The lowest BCUT2D eigenvalue weighted by Crippen LogP contribution is -2.30. The molecule has 3 unspecified atom stereocenters. The van der Waals surface area contributed by atoms with E-state index in [1.807, 2.05) is 0 Å². The highest BCUT2D eigenvalue weighted by molar-refractivity contribution is 5.90. The summed E-state index contributed by atoms with van der Waals surface area (Å²) in [4.78, 5) is 0. The van der Waals surface area contributed by atoms with E-state index >= 15 is 0 Å². The Hall–Kier alpha value is -0.790. The third kappa shape index (κ3) is 5.36. The van der Waals surface area contributed by atoms with Crippen molar-refractivity contribution in [2.45, 2.75) is 105 Å². The van der Waals surface area contributed by atoms with Crippen LogP contribution >= 0.6 is 0 Å². The highest BCUT2D eigenvalue weighted by atomic mass is 15.3. The molecule has 138 valence electrons. The van der Waals surface area contributed by atoms with Crippen LogP contribution in [0.1, 0.15) is 105 Å². The number of nitrogens with zero attached hydrogens (tertiary/aromatic N) is 1. The summed E-state index contributed by atoms with van der Waals surface area (Å²) >= 11 is 0. The lowest BCUT2D eigenvalue weighted by atomic mass is 9.74. The first-order valence-electron chi connectivity index (χ1n) is 10.7. The van der Waals surface area contributed by atoms with Crippen LogP contribution in [0.2, 0.25) is 0 Å². The lowest BCUT2D eigenvalue weighted by molar-refractivity contribution is 0.282. The quantitative estimate of drug-likeness (QED) is 0.484. The number of rotatable bonds is 8. The van der Waals surface area contributed by atoms with Crippen LogP contribution in [0.3, 0.4) is 0 Å². The molecular formula is C22H40N2. The van der Waals surface area contributed by atoms with E-state index in [9.17, 15) is 0 Å². The van der Waals surface area contributed by atoms with Crippen LogP contribution in [0, 0.1) is 17.8 Å². The Labute approximate surface area is 150 Å². The zero-order valence-corrected chi connectivity index (χ0v) is 16.7. The molecule has 1 heterocycles. The van der Waals surface area contributed by atoms with Crippen molar-refractivity contribution in [3.63, 3.8) is 0 Å². The zero-order chi connectivity index (χ0) is 17.4. The first-order chi connectivity index (χ1) is 11.7. The lowest BCUT2D eigenvalue weighted by Gasteiger charge is -2.34. The monoisotopic (exact) mass is 332 g/mol. The molecule has 24 heavy (non-hydrogen) atoms. The first-order valence-corrected chi connectivity index (χ1v) is 10.7. The van der Waals surface area contributed by atoms with Gasteiger partial charge in [0.2, 0.25) is 0 Å². The Morgan fingerprint density at radius 1 is 1.08 bits per heavy atom. The number of unbranched alkanes of at least 4 members (excludes halogenated alkanes) is 4. The molecule has 0 amide bonds. The molecule has 2 rings (SSSR count). The number of hydrazone groups is 1. The van der Waals surface area contributed by atoms with Gasteiger partial charge in [0, 0.05) is 17.3 Å². The first kappa shape index (κ1) is 19.5. The number of hydrogen-bond acceptors (Lipinski definition) is 2. The molecule has 0 spiro atoms. The Bertz CT molecular complexity index is 435.